The maximum Gasteiger partial charge on any atom is 0.251 e. The van der Waals surface area contributed by atoms with Gasteiger partial charge < -0.3 is 15.7 Å². The highest BCUT2D eigenvalue weighted by atomic mass is 35.5. The van der Waals surface area contributed by atoms with E-state index in [1.54, 1.807) is 36.4 Å². The Balaban J connectivity index is 1.41. The summed E-state index contributed by atoms with van der Waals surface area (Å²) in [4.78, 5) is 25.4. The molecule has 1 saturated carbocycles. The van der Waals surface area contributed by atoms with Gasteiger partial charge >= 0.3 is 0 Å². The second-order valence-electron chi connectivity index (χ2n) is 8.48. The maximum absolute atomic E-state index is 12.9. The van der Waals surface area contributed by atoms with E-state index >= 15 is 0 Å². The van der Waals surface area contributed by atoms with Crippen LogP contribution in [0.2, 0.25) is 5.02 Å². The van der Waals surface area contributed by atoms with Crippen LogP contribution in [0.3, 0.4) is 0 Å². The lowest BCUT2D eigenvalue weighted by Crippen LogP contribution is -2.38. The van der Waals surface area contributed by atoms with Gasteiger partial charge in [-0.25, -0.2) is 0 Å². The fraction of sp³-hybridized carbons (Fsp3) is 0.214. The number of allylic oxidation sites excluding steroid dienone is 1. The van der Waals surface area contributed by atoms with Gasteiger partial charge in [0.15, 0.2) is 5.78 Å². The first-order valence-electron chi connectivity index (χ1n) is 11.4. The van der Waals surface area contributed by atoms with Crippen molar-refractivity contribution in [2.75, 3.05) is 5.32 Å². The Morgan fingerprint density at radius 3 is 2.32 bits per heavy atom. The molecule has 0 spiro atoms. The van der Waals surface area contributed by atoms with Crippen LogP contribution in [0, 0.1) is 0 Å². The van der Waals surface area contributed by atoms with Crippen LogP contribution in [0.25, 0.3) is 6.08 Å². The van der Waals surface area contributed by atoms with E-state index in [-0.39, 0.29) is 23.8 Å². The van der Waals surface area contributed by atoms with Crippen molar-refractivity contribution in [3.8, 4) is 0 Å². The second-order valence-corrected chi connectivity index (χ2v) is 8.92. The first kappa shape index (κ1) is 23.7. The van der Waals surface area contributed by atoms with E-state index in [1.165, 1.54) is 6.08 Å². The van der Waals surface area contributed by atoms with Gasteiger partial charge in [0.05, 0.1) is 11.8 Å². The molecule has 3 aromatic carbocycles. The quantitative estimate of drug-likeness (QED) is 0.289. The van der Waals surface area contributed by atoms with Gasteiger partial charge in [-0.3, -0.25) is 9.59 Å². The zero-order valence-corrected chi connectivity index (χ0v) is 19.5. The molecule has 1 aliphatic carbocycles. The molecule has 3 N–H and O–H groups in total. The Morgan fingerprint density at radius 1 is 0.912 bits per heavy atom. The molecule has 0 aromatic heterocycles. The van der Waals surface area contributed by atoms with Crippen LogP contribution >= 0.6 is 11.6 Å². The highest BCUT2D eigenvalue weighted by Gasteiger charge is 2.21. The number of hydrogen-bond donors (Lipinski definition) is 3. The van der Waals surface area contributed by atoms with Gasteiger partial charge in [0, 0.05) is 27.9 Å². The summed E-state index contributed by atoms with van der Waals surface area (Å²) in [7, 11) is 0. The summed E-state index contributed by atoms with van der Waals surface area (Å²) in [6.07, 6.45) is 6.02. The van der Waals surface area contributed by atoms with Gasteiger partial charge in [0.1, 0.15) is 0 Å². The molecule has 0 bridgehead atoms. The van der Waals surface area contributed by atoms with Gasteiger partial charge in [-0.05, 0) is 79.8 Å². The predicted octanol–water partition coefficient (Wildman–Crippen LogP) is 6.01. The fourth-order valence-corrected chi connectivity index (χ4v) is 4.18. The molecule has 0 unspecified atom stereocenters. The summed E-state index contributed by atoms with van der Waals surface area (Å²) >= 11 is 6.16. The average Bonchev–Trinajstić information content (AvgIpc) is 2.85. The largest absolute Gasteiger partial charge is 0.393 e. The molecule has 4 rings (SSSR count). The number of anilines is 2. The number of nitrogens with one attached hydrogen (secondary N) is 2. The number of hydrogen-bond acceptors (Lipinski definition) is 4. The van der Waals surface area contributed by atoms with E-state index in [9.17, 15) is 14.7 Å². The van der Waals surface area contributed by atoms with Crippen LogP contribution in [-0.4, -0.2) is 28.9 Å². The molecule has 0 radical (unpaired) electrons. The molecule has 5 nitrogen and oxygen atoms in total. The van der Waals surface area contributed by atoms with E-state index in [0.29, 0.717) is 21.8 Å². The van der Waals surface area contributed by atoms with Crippen molar-refractivity contribution in [3.63, 3.8) is 0 Å². The first-order chi connectivity index (χ1) is 16.5. The lowest BCUT2D eigenvalue weighted by Gasteiger charge is -2.26. The van der Waals surface area contributed by atoms with Crippen LogP contribution in [0.5, 0.6) is 0 Å². The number of aliphatic hydroxyl groups is 1. The van der Waals surface area contributed by atoms with Crippen LogP contribution in [-0.2, 0) is 0 Å². The summed E-state index contributed by atoms with van der Waals surface area (Å²) in [6.45, 7) is 0. The predicted molar refractivity (Wildman–Crippen MR) is 137 cm³/mol. The number of rotatable bonds is 7. The molecule has 34 heavy (non-hydrogen) atoms. The van der Waals surface area contributed by atoms with E-state index < -0.39 is 0 Å². The molecule has 0 aliphatic heterocycles. The Labute approximate surface area is 204 Å². The molecule has 1 amide bonds. The summed E-state index contributed by atoms with van der Waals surface area (Å²) in [6, 6.07) is 22.0. The maximum atomic E-state index is 12.9. The van der Waals surface area contributed by atoms with E-state index in [4.69, 9.17) is 11.6 Å². The van der Waals surface area contributed by atoms with Crippen molar-refractivity contribution in [2.24, 2.45) is 0 Å². The third kappa shape index (κ3) is 6.34. The lowest BCUT2D eigenvalue weighted by atomic mass is 9.93. The molecule has 3 aromatic rings. The molecule has 0 saturated heterocycles. The molecule has 0 heterocycles. The molecule has 174 valence electrons. The van der Waals surface area contributed by atoms with E-state index in [0.717, 1.165) is 36.9 Å². The number of carbonyl (C=O) groups excluding carboxylic acids is 2. The highest BCUT2D eigenvalue weighted by molar-refractivity contribution is 6.31. The molecule has 1 fully saturated rings. The monoisotopic (exact) mass is 474 g/mol. The van der Waals surface area contributed by atoms with Gasteiger partial charge in [-0.15, -0.1) is 0 Å². The van der Waals surface area contributed by atoms with Crippen LogP contribution in [0.1, 0.15) is 52.0 Å². The van der Waals surface area contributed by atoms with Crippen LogP contribution in [0.4, 0.5) is 11.4 Å². The van der Waals surface area contributed by atoms with Crippen molar-refractivity contribution in [1.82, 2.24) is 5.32 Å². The number of para-hydroxylation sites is 1. The van der Waals surface area contributed by atoms with Crippen molar-refractivity contribution < 1.29 is 14.7 Å². The average molecular weight is 475 g/mol. The Kier molecular flexibility index (Phi) is 7.78. The number of halogens is 1. The number of carbonyl (C=O) groups is 2. The number of benzene rings is 3. The van der Waals surface area contributed by atoms with Crippen molar-refractivity contribution in [2.45, 2.75) is 37.8 Å². The van der Waals surface area contributed by atoms with Crippen molar-refractivity contribution >= 4 is 40.7 Å². The van der Waals surface area contributed by atoms with Gasteiger partial charge in [0.25, 0.3) is 5.91 Å². The fourth-order valence-electron chi connectivity index (χ4n) is 4.01. The summed E-state index contributed by atoms with van der Waals surface area (Å²) in [5.41, 5.74) is 3.40. The minimum atomic E-state index is -0.250. The molecule has 0 atom stereocenters. The Morgan fingerprint density at radius 2 is 1.62 bits per heavy atom. The summed E-state index contributed by atoms with van der Waals surface area (Å²) in [5, 5.41) is 16.4. The molecular weight excluding hydrogens is 448 g/mol. The second kappa shape index (κ2) is 11.1. The Hall–Kier alpha value is -3.41. The van der Waals surface area contributed by atoms with Crippen molar-refractivity contribution in [3.05, 3.63) is 101 Å². The molecule has 1 aliphatic rings. The number of ketones is 1. The van der Waals surface area contributed by atoms with Crippen molar-refractivity contribution in [1.29, 1.82) is 0 Å². The minimum absolute atomic E-state index is 0.103. The first-order valence-corrected chi connectivity index (χ1v) is 11.8. The summed E-state index contributed by atoms with van der Waals surface area (Å²) < 4.78 is 0. The van der Waals surface area contributed by atoms with E-state index in [1.807, 2.05) is 42.5 Å². The van der Waals surface area contributed by atoms with Gasteiger partial charge in [-0.1, -0.05) is 48.0 Å². The van der Waals surface area contributed by atoms with E-state index in [2.05, 4.69) is 10.6 Å². The molecular formula is C28H27ClN2O3. The zero-order valence-electron chi connectivity index (χ0n) is 18.7. The topological polar surface area (TPSA) is 78.4 Å². The van der Waals surface area contributed by atoms with Crippen LogP contribution < -0.4 is 10.6 Å². The summed E-state index contributed by atoms with van der Waals surface area (Å²) in [5.74, 6) is -0.276. The number of amides is 1. The molecule has 6 heteroatoms. The highest BCUT2D eigenvalue weighted by Crippen LogP contribution is 2.26. The third-order valence-electron chi connectivity index (χ3n) is 5.93. The van der Waals surface area contributed by atoms with Gasteiger partial charge in [0.2, 0.25) is 0 Å². The van der Waals surface area contributed by atoms with Gasteiger partial charge in [-0.2, -0.15) is 0 Å². The van der Waals surface area contributed by atoms with Crippen LogP contribution in [0.15, 0.2) is 78.9 Å². The number of aliphatic hydroxyl groups excluding tert-OH is 1. The zero-order chi connectivity index (χ0) is 23.9. The normalized spacial score (nSPS) is 17.9. The third-order valence-corrected chi connectivity index (χ3v) is 6.17. The minimum Gasteiger partial charge on any atom is -0.393 e. The lowest BCUT2D eigenvalue weighted by molar-refractivity contribution is 0.0867. The standard InChI is InChI=1S/C28H27ClN2O3/c29-21-11-16-25(26(18-21)30-22-4-2-1-3-5-22)27(33)17-8-19-6-9-20(10-7-19)28(34)31-23-12-14-24(32)15-13-23/h1-11,16-18,23-24,30,32H,12-15H2,(H,31,34). The SMILES string of the molecule is O=C(NC1CCC(O)CC1)c1ccc(C=CC(=O)c2ccc(Cl)cc2Nc2ccccc2)cc1. The smallest absolute Gasteiger partial charge is 0.251 e. The Bertz CT molecular complexity index is 1170.